The van der Waals surface area contributed by atoms with E-state index in [4.69, 9.17) is 0 Å². The number of aliphatic hydroxyl groups excluding tert-OH is 1. The van der Waals surface area contributed by atoms with Crippen LogP contribution in [0.4, 0.5) is 23.7 Å². The third kappa shape index (κ3) is 6.84. The number of nitrogens with one attached hydrogen (secondary N) is 2. The first-order valence-corrected chi connectivity index (χ1v) is 6.39. The second-order valence-corrected chi connectivity index (χ2v) is 4.32. The molecule has 118 valence electrons. The van der Waals surface area contributed by atoms with Gasteiger partial charge in [0.15, 0.2) is 5.75 Å². The van der Waals surface area contributed by atoms with E-state index in [9.17, 15) is 23.1 Å². The van der Waals surface area contributed by atoms with E-state index in [0.29, 0.717) is 6.42 Å². The summed E-state index contributed by atoms with van der Waals surface area (Å²) in [5.74, 6) is -0.505. The van der Waals surface area contributed by atoms with E-state index in [2.05, 4.69) is 15.4 Å². The molecule has 0 aliphatic carbocycles. The van der Waals surface area contributed by atoms with Gasteiger partial charge in [0.05, 0.1) is 11.8 Å². The van der Waals surface area contributed by atoms with Crippen molar-refractivity contribution in [3.63, 3.8) is 0 Å². The predicted molar refractivity (Wildman–Crippen MR) is 71.1 cm³/mol. The highest BCUT2D eigenvalue weighted by Crippen LogP contribution is 2.29. The van der Waals surface area contributed by atoms with Crippen molar-refractivity contribution in [2.75, 3.05) is 11.9 Å². The summed E-state index contributed by atoms with van der Waals surface area (Å²) in [4.78, 5) is 11.6. The number of alkyl halides is 3. The molecule has 5 nitrogen and oxygen atoms in total. The first-order valence-electron chi connectivity index (χ1n) is 6.39. The van der Waals surface area contributed by atoms with E-state index < -0.39 is 24.2 Å². The number of rotatable bonds is 6. The number of hydrogen-bond acceptors (Lipinski definition) is 3. The molecular weight excluding hydrogens is 289 g/mol. The number of para-hydroxylation sites is 2. The van der Waals surface area contributed by atoms with Gasteiger partial charge in [-0.3, -0.25) is 0 Å². The standard InChI is InChI=1S/C13H17F3N2O3/c1-2-5-9(19)8-17-12(20)18-10-6-3-4-7-11(10)21-13(14,15)16/h3-4,6-7,9,19H,2,5,8H2,1H3,(H2,17,18,20). The highest BCUT2D eigenvalue weighted by atomic mass is 19.4. The summed E-state index contributed by atoms with van der Waals surface area (Å²) in [6.07, 6.45) is -4.26. The fourth-order valence-electron chi connectivity index (χ4n) is 1.60. The Hall–Kier alpha value is -1.96. The second-order valence-electron chi connectivity index (χ2n) is 4.32. The van der Waals surface area contributed by atoms with Crippen molar-refractivity contribution in [3.8, 4) is 5.75 Å². The molecule has 2 amide bonds. The number of benzene rings is 1. The van der Waals surface area contributed by atoms with Crippen LogP contribution in [0.25, 0.3) is 0 Å². The van der Waals surface area contributed by atoms with Crippen LogP contribution in [0.2, 0.25) is 0 Å². The van der Waals surface area contributed by atoms with Crippen LogP contribution in [0.5, 0.6) is 5.75 Å². The number of halogens is 3. The van der Waals surface area contributed by atoms with Gasteiger partial charge in [0, 0.05) is 6.54 Å². The number of anilines is 1. The van der Waals surface area contributed by atoms with Crippen LogP contribution in [-0.2, 0) is 0 Å². The van der Waals surface area contributed by atoms with E-state index in [0.717, 1.165) is 12.5 Å². The van der Waals surface area contributed by atoms with Gasteiger partial charge in [0.25, 0.3) is 0 Å². The van der Waals surface area contributed by atoms with Crippen molar-refractivity contribution >= 4 is 11.7 Å². The lowest BCUT2D eigenvalue weighted by Crippen LogP contribution is -2.35. The maximum atomic E-state index is 12.2. The van der Waals surface area contributed by atoms with Crippen LogP contribution in [-0.4, -0.2) is 30.1 Å². The topological polar surface area (TPSA) is 70.6 Å². The molecule has 1 unspecified atom stereocenters. The van der Waals surface area contributed by atoms with Gasteiger partial charge in [0.1, 0.15) is 0 Å². The first kappa shape index (κ1) is 17.1. The van der Waals surface area contributed by atoms with Gasteiger partial charge in [-0.1, -0.05) is 25.5 Å². The summed E-state index contributed by atoms with van der Waals surface area (Å²) in [5, 5.41) is 14.1. The molecule has 8 heteroatoms. The van der Waals surface area contributed by atoms with Crippen LogP contribution in [0, 0.1) is 0 Å². The van der Waals surface area contributed by atoms with Gasteiger partial charge in [0.2, 0.25) is 0 Å². The number of carbonyl (C=O) groups excluding carboxylic acids is 1. The van der Waals surface area contributed by atoms with Crippen LogP contribution in [0.15, 0.2) is 24.3 Å². The zero-order valence-corrected chi connectivity index (χ0v) is 11.4. The predicted octanol–water partition coefficient (Wildman–Crippen LogP) is 2.87. The molecular formula is C13H17F3N2O3. The fourth-order valence-corrected chi connectivity index (χ4v) is 1.60. The van der Waals surface area contributed by atoms with Crippen molar-refractivity contribution in [3.05, 3.63) is 24.3 Å². The van der Waals surface area contributed by atoms with E-state index in [1.165, 1.54) is 18.2 Å². The van der Waals surface area contributed by atoms with Crippen LogP contribution < -0.4 is 15.4 Å². The summed E-state index contributed by atoms with van der Waals surface area (Å²) in [6, 6.07) is 4.47. The van der Waals surface area contributed by atoms with Crippen LogP contribution in [0.1, 0.15) is 19.8 Å². The molecule has 0 aromatic heterocycles. The van der Waals surface area contributed by atoms with Gasteiger partial charge in [-0.2, -0.15) is 0 Å². The Morgan fingerprint density at radius 2 is 2.05 bits per heavy atom. The zero-order valence-electron chi connectivity index (χ0n) is 11.4. The van der Waals surface area contributed by atoms with Gasteiger partial charge >= 0.3 is 12.4 Å². The molecule has 0 saturated carbocycles. The number of aliphatic hydroxyl groups is 1. The Bertz CT molecular complexity index is 466. The first-order chi connectivity index (χ1) is 9.81. The molecule has 0 spiro atoms. The quantitative estimate of drug-likeness (QED) is 0.757. The minimum Gasteiger partial charge on any atom is -0.404 e. The Balaban J connectivity index is 2.60. The van der Waals surface area contributed by atoms with Gasteiger partial charge in [-0.05, 0) is 18.6 Å². The van der Waals surface area contributed by atoms with E-state index in [1.54, 1.807) is 0 Å². The number of carbonyl (C=O) groups is 1. The van der Waals surface area contributed by atoms with Crippen LogP contribution in [0.3, 0.4) is 0 Å². The Morgan fingerprint density at radius 1 is 1.38 bits per heavy atom. The SMILES string of the molecule is CCCC(O)CNC(=O)Nc1ccccc1OC(F)(F)F. The molecule has 0 heterocycles. The van der Waals surface area contributed by atoms with Crippen molar-refractivity contribution in [1.82, 2.24) is 5.32 Å². The minimum absolute atomic E-state index is 0.0158. The molecule has 21 heavy (non-hydrogen) atoms. The molecule has 1 aromatic carbocycles. The van der Waals surface area contributed by atoms with Crippen molar-refractivity contribution in [1.29, 1.82) is 0 Å². The second kappa shape index (κ2) is 7.72. The summed E-state index contributed by atoms with van der Waals surface area (Å²) >= 11 is 0. The summed E-state index contributed by atoms with van der Waals surface area (Å²) < 4.78 is 40.4. The molecule has 0 fully saturated rings. The monoisotopic (exact) mass is 306 g/mol. The Kier molecular flexibility index (Phi) is 6.29. The van der Waals surface area contributed by atoms with Gasteiger partial charge in [-0.25, -0.2) is 4.79 Å². The van der Waals surface area contributed by atoms with Crippen molar-refractivity contribution in [2.45, 2.75) is 32.2 Å². The van der Waals surface area contributed by atoms with Gasteiger partial charge in [-0.15, -0.1) is 13.2 Å². The molecule has 0 radical (unpaired) electrons. The summed E-state index contributed by atoms with van der Waals surface area (Å²) in [7, 11) is 0. The molecule has 0 aliphatic heterocycles. The normalized spacial score (nSPS) is 12.6. The molecule has 0 bridgehead atoms. The third-order valence-electron chi connectivity index (χ3n) is 2.48. The number of hydrogen-bond donors (Lipinski definition) is 3. The van der Waals surface area contributed by atoms with Crippen molar-refractivity contribution in [2.24, 2.45) is 0 Å². The summed E-state index contributed by atoms with van der Waals surface area (Å²) in [6.45, 7) is 1.90. The molecule has 0 aliphatic rings. The maximum Gasteiger partial charge on any atom is 0.573 e. The highest BCUT2D eigenvalue weighted by Gasteiger charge is 2.32. The molecule has 0 saturated heterocycles. The maximum absolute atomic E-state index is 12.2. The molecule has 1 atom stereocenters. The summed E-state index contributed by atoms with van der Waals surface area (Å²) in [5.41, 5.74) is -0.114. The fraction of sp³-hybridized carbons (Fsp3) is 0.462. The smallest absolute Gasteiger partial charge is 0.404 e. The van der Waals surface area contributed by atoms with E-state index in [-0.39, 0.29) is 12.2 Å². The third-order valence-corrected chi connectivity index (χ3v) is 2.48. The Labute approximate surface area is 120 Å². The lowest BCUT2D eigenvalue weighted by atomic mass is 10.2. The minimum atomic E-state index is -4.84. The highest BCUT2D eigenvalue weighted by molar-refractivity contribution is 5.90. The zero-order chi connectivity index (χ0) is 15.9. The number of amides is 2. The molecule has 3 N–H and O–H groups in total. The molecule has 1 aromatic rings. The van der Waals surface area contributed by atoms with E-state index >= 15 is 0 Å². The van der Waals surface area contributed by atoms with Crippen LogP contribution >= 0.6 is 0 Å². The average Bonchev–Trinajstić information content (AvgIpc) is 2.37. The largest absolute Gasteiger partial charge is 0.573 e. The van der Waals surface area contributed by atoms with Crippen molar-refractivity contribution < 1.29 is 27.8 Å². The number of urea groups is 1. The van der Waals surface area contributed by atoms with Gasteiger partial charge < -0.3 is 20.5 Å². The lowest BCUT2D eigenvalue weighted by molar-refractivity contribution is -0.274. The Morgan fingerprint density at radius 3 is 2.67 bits per heavy atom. The molecule has 1 rings (SSSR count). The average molecular weight is 306 g/mol. The lowest BCUT2D eigenvalue weighted by Gasteiger charge is -2.15. The van der Waals surface area contributed by atoms with E-state index in [1.807, 2.05) is 6.92 Å². The number of ether oxygens (including phenoxy) is 1.